The summed E-state index contributed by atoms with van der Waals surface area (Å²) >= 11 is 1.51. The van der Waals surface area contributed by atoms with Gasteiger partial charge in [-0.15, -0.1) is 11.8 Å². The summed E-state index contributed by atoms with van der Waals surface area (Å²) in [6, 6.07) is -0.954. The van der Waals surface area contributed by atoms with Crippen molar-refractivity contribution >= 4 is 23.8 Å². The molecule has 2 saturated heterocycles. The predicted molar refractivity (Wildman–Crippen MR) is 78.9 cm³/mol. The number of thioether (sulfide) groups is 1. The minimum Gasteiger partial charge on any atom is -0.480 e. The lowest BCUT2D eigenvalue weighted by Crippen LogP contribution is -2.49. The van der Waals surface area contributed by atoms with Crippen LogP contribution in [0.15, 0.2) is 0 Å². The summed E-state index contributed by atoms with van der Waals surface area (Å²) in [4.78, 5) is 27.1. The lowest BCUT2D eigenvalue weighted by molar-refractivity contribution is -0.141. The second-order valence-electron chi connectivity index (χ2n) is 5.33. The van der Waals surface area contributed by atoms with Crippen LogP contribution in [0.5, 0.6) is 0 Å². The van der Waals surface area contributed by atoms with E-state index >= 15 is 0 Å². The van der Waals surface area contributed by atoms with Crippen LogP contribution in [0.3, 0.4) is 0 Å². The van der Waals surface area contributed by atoms with E-state index in [0.717, 1.165) is 26.1 Å². The molecule has 0 spiro atoms. The summed E-state index contributed by atoms with van der Waals surface area (Å²) in [6.45, 7) is 5.81. The van der Waals surface area contributed by atoms with Crippen molar-refractivity contribution in [2.24, 2.45) is 0 Å². The second kappa shape index (κ2) is 7.17. The van der Waals surface area contributed by atoms with Gasteiger partial charge in [0, 0.05) is 12.3 Å². The molecule has 2 heterocycles. The van der Waals surface area contributed by atoms with E-state index in [9.17, 15) is 9.59 Å². The summed E-state index contributed by atoms with van der Waals surface area (Å²) in [6.07, 6.45) is 3.46. The smallest absolute Gasteiger partial charge is 0.327 e. The molecular weight excluding hydrogens is 278 g/mol. The normalized spacial score (nSPS) is 26.9. The van der Waals surface area contributed by atoms with Gasteiger partial charge >= 0.3 is 12.0 Å². The van der Waals surface area contributed by atoms with E-state index in [1.54, 1.807) is 0 Å². The lowest BCUT2D eigenvalue weighted by atomic mass is 10.3. The number of carbonyl (C=O) groups excluding carboxylic acids is 1. The predicted octanol–water partition coefficient (Wildman–Crippen LogP) is 1.03. The average Bonchev–Trinajstić information content (AvgIpc) is 3.03. The molecule has 6 nitrogen and oxygen atoms in total. The van der Waals surface area contributed by atoms with Crippen LogP contribution in [0.4, 0.5) is 4.79 Å². The second-order valence-corrected chi connectivity index (χ2v) is 6.68. The third kappa shape index (κ3) is 3.79. The highest BCUT2D eigenvalue weighted by Gasteiger charge is 2.39. The zero-order chi connectivity index (χ0) is 14.5. The average molecular weight is 301 g/mol. The molecule has 2 atom stereocenters. The molecule has 0 aromatic heterocycles. The summed E-state index contributed by atoms with van der Waals surface area (Å²) < 4.78 is 0. The van der Waals surface area contributed by atoms with Crippen LogP contribution in [0.25, 0.3) is 0 Å². The topological polar surface area (TPSA) is 72.9 Å². The summed E-state index contributed by atoms with van der Waals surface area (Å²) in [7, 11) is 0. The third-order valence-electron chi connectivity index (χ3n) is 3.87. The van der Waals surface area contributed by atoms with Gasteiger partial charge in [-0.25, -0.2) is 9.59 Å². The van der Waals surface area contributed by atoms with Gasteiger partial charge in [0.15, 0.2) is 0 Å². The monoisotopic (exact) mass is 301 g/mol. The van der Waals surface area contributed by atoms with Crippen LogP contribution >= 0.6 is 11.8 Å². The Kier molecular flexibility index (Phi) is 5.54. The quantitative estimate of drug-likeness (QED) is 0.742. The standard InChI is InChI=1S/C13H23N3O3S/c1-10-16(11(9-20-10)12(17)18)13(19)14-5-4-8-15-6-2-3-7-15/h10-11H,2-9H2,1H3,(H,14,19)(H,17,18). The Morgan fingerprint density at radius 2 is 2.05 bits per heavy atom. The number of urea groups is 1. The molecule has 0 aromatic rings. The summed E-state index contributed by atoms with van der Waals surface area (Å²) in [5.41, 5.74) is 0. The first-order valence-corrected chi connectivity index (χ1v) is 8.27. The fourth-order valence-corrected chi connectivity index (χ4v) is 3.90. The van der Waals surface area contributed by atoms with Crippen molar-refractivity contribution in [1.82, 2.24) is 15.1 Å². The highest BCUT2D eigenvalue weighted by molar-refractivity contribution is 8.00. The Bertz CT molecular complexity index is 361. The van der Waals surface area contributed by atoms with Crippen molar-refractivity contribution in [1.29, 1.82) is 0 Å². The number of carbonyl (C=O) groups is 2. The van der Waals surface area contributed by atoms with E-state index in [1.165, 1.54) is 29.5 Å². The number of rotatable bonds is 5. The minimum absolute atomic E-state index is 0.0744. The lowest BCUT2D eigenvalue weighted by Gasteiger charge is -2.25. The van der Waals surface area contributed by atoms with Crippen LogP contribution in [-0.4, -0.2) is 70.3 Å². The van der Waals surface area contributed by atoms with Crippen molar-refractivity contribution in [3.05, 3.63) is 0 Å². The fourth-order valence-electron chi connectivity index (χ4n) is 2.74. The molecule has 2 N–H and O–H groups in total. The van der Waals surface area contributed by atoms with Crippen LogP contribution in [0.2, 0.25) is 0 Å². The molecule has 2 amide bonds. The van der Waals surface area contributed by atoms with Crippen molar-refractivity contribution in [2.45, 2.75) is 37.6 Å². The van der Waals surface area contributed by atoms with E-state index in [1.807, 2.05) is 6.92 Å². The van der Waals surface area contributed by atoms with Crippen molar-refractivity contribution in [2.75, 3.05) is 31.9 Å². The molecule has 0 aromatic carbocycles. The van der Waals surface area contributed by atoms with Crippen LogP contribution < -0.4 is 5.32 Å². The Morgan fingerprint density at radius 3 is 2.70 bits per heavy atom. The number of hydrogen-bond acceptors (Lipinski definition) is 4. The maximum absolute atomic E-state index is 12.1. The minimum atomic E-state index is -0.922. The SMILES string of the molecule is CC1SCC(C(=O)O)N1C(=O)NCCCN1CCCC1. The number of carboxylic acids is 1. The van der Waals surface area contributed by atoms with Crippen molar-refractivity contribution in [3.63, 3.8) is 0 Å². The van der Waals surface area contributed by atoms with Gasteiger partial charge in [0.1, 0.15) is 6.04 Å². The Balaban J connectivity index is 1.71. The molecule has 2 aliphatic heterocycles. The molecule has 2 rings (SSSR count). The summed E-state index contributed by atoms with van der Waals surface area (Å²) in [5.74, 6) is -0.452. The number of nitrogens with zero attached hydrogens (tertiary/aromatic N) is 2. The maximum atomic E-state index is 12.1. The van der Waals surface area contributed by atoms with Gasteiger partial charge in [-0.2, -0.15) is 0 Å². The Hall–Kier alpha value is -0.950. The first-order valence-electron chi connectivity index (χ1n) is 7.22. The first kappa shape index (κ1) is 15.4. The van der Waals surface area contributed by atoms with Gasteiger partial charge in [0.25, 0.3) is 0 Å². The maximum Gasteiger partial charge on any atom is 0.327 e. The highest BCUT2D eigenvalue weighted by atomic mass is 32.2. The molecule has 0 saturated carbocycles. The number of hydrogen-bond donors (Lipinski definition) is 2. The van der Waals surface area contributed by atoms with Crippen molar-refractivity contribution in [3.8, 4) is 0 Å². The molecule has 0 aliphatic carbocycles. The van der Waals surface area contributed by atoms with E-state index in [4.69, 9.17) is 5.11 Å². The van der Waals surface area contributed by atoms with Crippen LogP contribution in [0, 0.1) is 0 Å². The molecular formula is C13H23N3O3S. The summed E-state index contributed by atoms with van der Waals surface area (Å²) in [5, 5.41) is 11.9. The molecule has 0 bridgehead atoms. The zero-order valence-electron chi connectivity index (χ0n) is 11.9. The van der Waals surface area contributed by atoms with Crippen molar-refractivity contribution < 1.29 is 14.7 Å². The largest absolute Gasteiger partial charge is 0.480 e. The molecule has 114 valence electrons. The van der Waals surface area contributed by atoms with Crippen LogP contribution in [-0.2, 0) is 4.79 Å². The number of likely N-dealkylation sites (tertiary alicyclic amines) is 1. The van der Waals surface area contributed by atoms with Gasteiger partial charge in [-0.05, 0) is 45.8 Å². The van der Waals surface area contributed by atoms with E-state index < -0.39 is 12.0 Å². The number of aliphatic carboxylic acids is 1. The Morgan fingerprint density at radius 1 is 1.35 bits per heavy atom. The number of nitrogens with one attached hydrogen (secondary N) is 1. The van der Waals surface area contributed by atoms with E-state index in [0.29, 0.717) is 12.3 Å². The van der Waals surface area contributed by atoms with E-state index in [-0.39, 0.29) is 11.4 Å². The van der Waals surface area contributed by atoms with Gasteiger partial charge in [0.2, 0.25) is 0 Å². The first-order chi connectivity index (χ1) is 9.59. The molecule has 20 heavy (non-hydrogen) atoms. The molecule has 7 heteroatoms. The Labute approximate surface area is 123 Å². The molecule has 2 fully saturated rings. The van der Waals surface area contributed by atoms with Gasteiger partial charge in [-0.3, -0.25) is 4.90 Å². The molecule has 2 unspecified atom stereocenters. The number of amides is 2. The molecule has 0 radical (unpaired) electrons. The van der Waals surface area contributed by atoms with Crippen LogP contribution in [0.1, 0.15) is 26.2 Å². The van der Waals surface area contributed by atoms with Gasteiger partial charge in [0.05, 0.1) is 5.37 Å². The van der Waals surface area contributed by atoms with Gasteiger partial charge in [-0.1, -0.05) is 0 Å². The highest BCUT2D eigenvalue weighted by Crippen LogP contribution is 2.28. The van der Waals surface area contributed by atoms with Gasteiger partial charge < -0.3 is 15.3 Å². The number of carboxylic acid groups (broad SMARTS) is 1. The zero-order valence-corrected chi connectivity index (χ0v) is 12.7. The third-order valence-corrected chi connectivity index (χ3v) is 5.09. The molecule has 2 aliphatic rings. The fraction of sp³-hybridized carbons (Fsp3) is 0.846. The van der Waals surface area contributed by atoms with E-state index in [2.05, 4.69) is 10.2 Å².